The first-order chi connectivity index (χ1) is 12.8. The molecular formula is C17H18FN3O6. The van der Waals surface area contributed by atoms with E-state index in [0.29, 0.717) is 6.42 Å². The van der Waals surface area contributed by atoms with Crippen molar-refractivity contribution in [2.24, 2.45) is 0 Å². The Kier molecular flexibility index (Phi) is 6.11. The summed E-state index contributed by atoms with van der Waals surface area (Å²) in [6.45, 7) is 1.13. The van der Waals surface area contributed by atoms with E-state index < -0.39 is 46.6 Å². The summed E-state index contributed by atoms with van der Waals surface area (Å²) in [5.74, 6) is -3.01. The number of hydrogen-bond donors (Lipinski definition) is 2. The van der Waals surface area contributed by atoms with Gasteiger partial charge in [-0.25, -0.2) is 14.0 Å². The molecule has 2 aromatic rings. The second-order valence-corrected chi connectivity index (χ2v) is 5.52. The van der Waals surface area contributed by atoms with Gasteiger partial charge in [-0.15, -0.1) is 0 Å². The van der Waals surface area contributed by atoms with Crippen LogP contribution in [0.5, 0.6) is 5.75 Å². The van der Waals surface area contributed by atoms with E-state index in [9.17, 15) is 23.6 Å². The number of nitrogens with zero attached hydrogens (tertiary/aromatic N) is 1. The molecule has 0 radical (unpaired) electrons. The van der Waals surface area contributed by atoms with Crippen LogP contribution in [-0.4, -0.2) is 35.0 Å². The summed E-state index contributed by atoms with van der Waals surface area (Å²) in [4.78, 5) is 49.9. The maximum atomic E-state index is 13.9. The molecule has 10 heteroatoms. The van der Waals surface area contributed by atoms with Crippen LogP contribution in [-0.2, 0) is 11.3 Å². The molecule has 0 aliphatic carbocycles. The third-order valence-corrected chi connectivity index (χ3v) is 3.70. The number of anilines is 1. The molecule has 1 heterocycles. The largest absolute Gasteiger partial charge is 0.497 e. The summed E-state index contributed by atoms with van der Waals surface area (Å²) in [6.07, 6.45) is 0.537. The van der Waals surface area contributed by atoms with Crippen molar-refractivity contribution in [2.75, 3.05) is 19.5 Å². The Balaban J connectivity index is 2.21. The molecule has 0 atom stereocenters. The summed E-state index contributed by atoms with van der Waals surface area (Å²) >= 11 is 0. The van der Waals surface area contributed by atoms with Crippen molar-refractivity contribution < 1.29 is 23.5 Å². The molecule has 3 N–H and O–H groups in total. The maximum Gasteiger partial charge on any atom is 0.341 e. The van der Waals surface area contributed by atoms with Crippen LogP contribution in [0.15, 0.2) is 27.8 Å². The van der Waals surface area contributed by atoms with Crippen LogP contribution in [0.3, 0.4) is 0 Å². The van der Waals surface area contributed by atoms with E-state index in [-0.39, 0.29) is 18.1 Å². The van der Waals surface area contributed by atoms with E-state index in [2.05, 4.69) is 0 Å². The van der Waals surface area contributed by atoms with Crippen LogP contribution in [0.2, 0.25) is 0 Å². The average Bonchev–Trinajstić information content (AvgIpc) is 2.62. The molecular weight excluding hydrogens is 361 g/mol. The first-order valence-corrected chi connectivity index (χ1v) is 7.96. The smallest absolute Gasteiger partial charge is 0.341 e. The Hall–Kier alpha value is -3.43. The van der Waals surface area contributed by atoms with Gasteiger partial charge < -0.3 is 15.2 Å². The summed E-state index contributed by atoms with van der Waals surface area (Å²) in [5, 5.41) is 0. The summed E-state index contributed by atoms with van der Waals surface area (Å²) in [5.41, 5.74) is 3.13. The van der Waals surface area contributed by atoms with Crippen LogP contribution in [0.1, 0.15) is 34.1 Å². The van der Waals surface area contributed by atoms with Gasteiger partial charge in [0.2, 0.25) is 5.78 Å². The van der Waals surface area contributed by atoms with Crippen LogP contribution < -0.4 is 21.7 Å². The fourth-order valence-electron chi connectivity index (χ4n) is 2.37. The van der Waals surface area contributed by atoms with Gasteiger partial charge >= 0.3 is 11.7 Å². The number of ether oxygens (including phenoxy) is 2. The fourth-order valence-corrected chi connectivity index (χ4v) is 2.37. The first-order valence-electron chi connectivity index (χ1n) is 7.96. The molecule has 1 aromatic heterocycles. The minimum absolute atomic E-state index is 0.193. The number of nitrogen functional groups attached to an aromatic ring is 1. The molecule has 27 heavy (non-hydrogen) atoms. The normalized spacial score (nSPS) is 10.5. The average molecular weight is 379 g/mol. The van der Waals surface area contributed by atoms with Crippen LogP contribution in [0, 0.1) is 5.82 Å². The predicted molar refractivity (Wildman–Crippen MR) is 93.6 cm³/mol. The quantitative estimate of drug-likeness (QED) is 0.535. The maximum absolute atomic E-state index is 13.9. The Morgan fingerprint density at radius 2 is 2.00 bits per heavy atom. The van der Waals surface area contributed by atoms with Crippen LogP contribution in [0.4, 0.5) is 10.2 Å². The second kappa shape index (κ2) is 8.30. The molecule has 0 saturated carbocycles. The zero-order chi connectivity index (χ0) is 20.1. The molecule has 1 aromatic carbocycles. The van der Waals surface area contributed by atoms with Crippen molar-refractivity contribution in [3.8, 4) is 5.75 Å². The van der Waals surface area contributed by atoms with E-state index in [1.165, 1.54) is 13.2 Å². The fraction of sp³-hybridized carbons (Fsp3) is 0.294. The summed E-state index contributed by atoms with van der Waals surface area (Å²) in [7, 11) is 1.34. The van der Waals surface area contributed by atoms with E-state index in [4.69, 9.17) is 15.2 Å². The van der Waals surface area contributed by atoms with E-state index >= 15 is 0 Å². The van der Waals surface area contributed by atoms with Crippen molar-refractivity contribution in [3.63, 3.8) is 0 Å². The Bertz CT molecular complexity index is 995. The van der Waals surface area contributed by atoms with E-state index in [1.54, 1.807) is 6.92 Å². The van der Waals surface area contributed by atoms with Crippen molar-refractivity contribution in [2.45, 2.75) is 19.9 Å². The Morgan fingerprint density at radius 1 is 1.30 bits per heavy atom. The standard InChI is InChI=1S/C17H18FN3O6/c1-3-6-21-14(19)13(15(23)20-17(21)25)12(22)8-27-16(24)10-5-4-9(26-2)7-11(10)18/h4-5,7H,3,6,8,19H2,1-2H3,(H,20,23,25). The molecule has 0 aliphatic rings. The number of ketones is 1. The van der Waals surface area contributed by atoms with Gasteiger partial charge in [-0.3, -0.25) is 19.1 Å². The van der Waals surface area contributed by atoms with Gasteiger partial charge in [0.05, 0.1) is 12.7 Å². The number of aromatic amines is 1. The number of benzene rings is 1. The minimum Gasteiger partial charge on any atom is -0.497 e. The monoisotopic (exact) mass is 379 g/mol. The topological polar surface area (TPSA) is 133 Å². The highest BCUT2D eigenvalue weighted by Crippen LogP contribution is 2.17. The summed E-state index contributed by atoms with van der Waals surface area (Å²) < 4.78 is 24.5. The molecule has 2 rings (SSSR count). The van der Waals surface area contributed by atoms with Crippen molar-refractivity contribution in [1.82, 2.24) is 9.55 Å². The van der Waals surface area contributed by atoms with E-state index in [1.807, 2.05) is 4.98 Å². The molecule has 0 saturated heterocycles. The van der Waals surface area contributed by atoms with Gasteiger partial charge in [0.15, 0.2) is 6.61 Å². The van der Waals surface area contributed by atoms with Gasteiger partial charge in [-0.05, 0) is 18.6 Å². The lowest BCUT2D eigenvalue weighted by Gasteiger charge is -2.11. The third kappa shape index (κ3) is 4.22. The molecule has 0 amide bonds. The van der Waals surface area contributed by atoms with Gasteiger partial charge in [0, 0.05) is 12.6 Å². The Morgan fingerprint density at radius 3 is 2.59 bits per heavy atom. The number of carbonyl (C=O) groups is 2. The number of hydrogen-bond acceptors (Lipinski definition) is 7. The SMILES string of the molecule is CCCn1c(N)c(C(=O)COC(=O)c2ccc(OC)cc2F)c(=O)[nH]c1=O. The molecule has 0 spiro atoms. The highest BCUT2D eigenvalue weighted by molar-refractivity contribution is 6.02. The lowest BCUT2D eigenvalue weighted by molar-refractivity contribution is 0.0469. The number of rotatable bonds is 7. The number of Topliss-reactive ketones (excluding diaryl/α,β-unsaturated/α-hetero) is 1. The number of esters is 1. The lowest BCUT2D eigenvalue weighted by Crippen LogP contribution is -2.37. The number of nitrogens with one attached hydrogen (secondary N) is 1. The number of H-pyrrole nitrogens is 1. The van der Waals surface area contributed by atoms with Crippen LogP contribution in [0.25, 0.3) is 0 Å². The molecule has 144 valence electrons. The van der Waals surface area contributed by atoms with Gasteiger partial charge in [0.1, 0.15) is 22.9 Å². The third-order valence-electron chi connectivity index (χ3n) is 3.70. The Labute approximate surface area is 152 Å². The minimum atomic E-state index is -1.10. The van der Waals surface area contributed by atoms with E-state index in [0.717, 1.165) is 16.7 Å². The van der Waals surface area contributed by atoms with Crippen molar-refractivity contribution in [3.05, 3.63) is 56.0 Å². The zero-order valence-corrected chi connectivity index (χ0v) is 14.7. The molecule has 0 aliphatic heterocycles. The van der Waals surface area contributed by atoms with Crippen molar-refractivity contribution in [1.29, 1.82) is 0 Å². The zero-order valence-electron chi connectivity index (χ0n) is 14.7. The lowest BCUT2D eigenvalue weighted by atomic mass is 10.2. The van der Waals surface area contributed by atoms with Crippen LogP contribution >= 0.6 is 0 Å². The molecule has 0 unspecified atom stereocenters. The number of nitrogens with two attached hydrogens (primary N) is 1. The predicted octanol–water partition coefficient (Wildman–Crippen LogP) is 0.716. The van der Waals surface area contributed by atoms with Gasteiger partial charge in [-0.2, -0.15) is 0 Å². The number of carbonyl (C=O) groups excluding carboxylic acids is 2. The van der Waals surface area contributed by atoms with Gasteiger partial charge in [-0.1, -0.05) is 6.92 Å². The number of aromatic nitrogens is 2. The molecule has 0 fully saturated rings. The highest BCUT2D eigenvalue weighted by Gasteiger charge is 2.22. The number of halogens is 1. The summed E-state index contributed by atoms with van der Waals surface area (Å²) in [6, 6.07) is 3.48. The number of methoxy groups -OCH3 is 1. The second-order valence-electron chi connectivity index (χ2n) is 5.52. The molecule has 0 bridgehead atoms. The molecule has 9 nitrogen and oxygen atoms in total. The van der Waals surface area contributed by atoms with Gasteiger partial charge in [0.25, 0.3) is 5.56 Å². The van der Waals surface area contributed by atoms with Crippen molar-refractivity contribution >= 4 is 17.6 Å². The first kappa shape index (κ1) is 19.9. The highest BCUT2D eigenvalue weighted by atomic mass is 19.1.